The van der Waals surface area contributed by atoms with Gasteiger partial charge in [0.2, 0.25) is 0 Å². The SMILES string of the molecule is CC(C)c1ccccc1-n1c(SCc2cc(=O)oc3cc(O)ccc23)nnc1-c1cccnc1. The summed E-state index contributed by atoms with van der Waals surface area (Å²) >= 11 is 1.48. The van der Waals surface area contributed by atoms with Gasteiger partial charge in [-0.05, 0) is 47.4 Å². The molecule has 1 N–H and O–H groups in total. The van der Waals surface area contributed by atoms with Gasteiger partial charge in [-0.15, -0.1) is 10.2 Å². The van der Waals surface area contributed by atoms with Crippen molar-refractivity contribution in [3.05, 3.63) is 94.6 Å². The fourth-order valence-electron chi connectivity index (χ4n) is 3.92. The number of fused-ring (bicyclic) bond motifs is 1. The summed E-state index contributed by atoms with van der Waals surface area (Å²) in [6.07, 6.45) is 3.50. The number of phenolic OH excluding ortho intramolecular Hbond substituents is 1. The largest absolute Gasteiger partial charge is 0.508 e. The van der Waals surface area contributed by atoms with Crippen molar-refractivity contribution < 1.29 is 9.52 Å². The zero-order valence-electron chi connectivity index (χ0n) is 18.7. The van der Waals surface area contributed by atoms with E-state index in [2.05, 4.69) is 45.7 Å². The first-order valence-corrected chi connectivity index (χ1v) is 11.8. The Morgan fingerprint density at radius 2 is 1.91 bits per heavy atom. The van der Waals surface area contributed by atoms with E-state index in [0.717, 1.165) is 22.2 Å². The third-order valence-electron chi connectivity index (χ3n) is 5.52. The number of phenols is 1. The molecule has 3 heterocycles. The van der Waals surface area contributed by atoms with E-state index in [-0.39, 0.29) is 5.75 Å². The zero-order valence-corrected chi connectivity index (χ0v) is 19.5. The van der Waals surface area contributed by atoms with Gasteiger partial charge >= 0.3 is 5.63 Å². The van der Waals surface area contributed by atoms with Crippen LogP contribution in [0.5, 0.6) is 5.75 Å². The lowest BCUT2D eigenvalue weighted by molar-refractivity contribution is 0.473. The molecule has 170 valence electrons. The van der Waals surface area contributed by atoms with Crippen LogP contribution in [0, 0.1) is 0 Å². The first kappa shape index (κ1) is 21.9. The molecule has 8 heteroatoms. The second kappa shape index (κ2) is 9.15. The molecule has 0 atom stereocenters. The molecule has 0 radical (unpaired) electrons. The van der Waals surface area contributed by atoms with Crippen LogP contribution in [0.1, 0.15) is 30.9 Å². The summed E-state index contributed by atoms with van der Waals surface area (Å²) in [4.78, 5) is 16.4. The number of pyridine rings is 1. The predicted molar refractivity (Wildman–Crippen MR) is 132 cm³/mol. The summed E-state index contributed by atoms with van der Waals surface area (Å²) in [5, 5.41) is 20.3. The zero-order chi connectivity index (χ0) is 23.7. The molecule has 0 aliphatic heterocycles. The first-order valence-electron chi connectivity index (χ1n) is 10.8. The fraction of sp³-hybridized carbons (Fsp3) is 0.154. The molecule has 3 aromatic heterocycles. The van der Waals surface area contributed by atoms with Crippen LogP contribution in [0.25, 0.3) is 28.0 Å². The van der Waals surface area contributed by atoms with Crippen LogP contribution >= 0.6 is 11.8 Å². The molecule has 0 fully saturated rings. The number of hydrogen-bond acceptors (Lipinski definition) is 7. The molecule has 0 spiro atoms. The van der Waals surface area contributed by atoms with E-state index in [4.69, 9.17) is 4.42 Å². The van der Waals surface area contributed by atoms with Crippen molar-refractivity contribution >= 4 is 22.7 Å². The Balaban J connectivity index is 1.61. The summed E-state index contributed by atoms with van der Waals surface area (Å²) in [6.45, 7) is 4.31. The smallest absolute Gasteiger partial charge is 0.336 e. The monoisotopic (exact) mass is 470 g/mol. The summed E-state index contributed by atoms with van der Waals surface area (Å²) in [5.41, 5.74) is 3.73. The Labute approximate surface area is 200 Å². The van der Waals surface area contributed by atoms with Gasteiger partial charge in [0.25, 0.3) is 0 Å². The van der Waals surface area contributed by atoms with Crippen molar-refractivity contribution in [1.29, 1.82) is 0 Å². The summed E-state index contributed by atoms with van der Waals surface area (Å²) in [5.74, 6) is 1.52. The van der Waals surface area contributed by atoms with Gasteiger partial charge in [0, 0.05) is 41.2 Å². The molecule has 0 aliphatic rings. The second-order valence-electron chi connectivity index (χ2n) is 8.16. The molecule has 0 aliphatic carbocycles. The number of aromatic nitrogens is 4. The number of para-hydroxylation sites is 1. The summed E-state index contributed by atoms with van der Waals surface area (Å²) in [6, 6.07) is 18.3. The number of aromatic hydroxyl groups is 1. The standard InChI is InChI=1S/C26H22N4O3S/c1-16(2)20-7-3-4-8-22(20)30-25(17-6-5-11-27-14-17)28-29-26(30)34-15-18-12-24(32)33-23-13-19(31)9-10-21(18)23/h3-14,16,31H,15H2,1-2H3. The van der Waals surface area contributed by atoms with Gasteiger partial charge in [0.1, 0.15) is 11.3 Å². The molecular formula is C26H22N4O3S. The Bertz CT molecular complexity index is 1530. The third-order valence-corrected chi connectivity index (χ3v) is 6.50. The van der Waals surface area contributed by atoms with E-state index in [0.29, 0.717) is 28.2 Å². The van der Waals surface area contributed by atoms with E-state index in [9.17, 15) is 9.90 Å². The average molecular weight is 471 g/mol. The van der Waals surface area contributed by atoms with Crippen LogP contribution in [-0.4, -0.2) is 24.9 Å². The minimum absolute atomic E-state index is 0.0478. The second-order valence-corrected chi connectivity index (χ2v) is 9.10. The molecule has 0 amide bonds. The van der Waals surface area contributed by atoms with E-state index >= 15 is 0 Å². The van der Waals surface area contributed by atoms with E-state index in [1.807, 2.05) is 24.3 Å². The van der Waals surface area contributed by atoms with Crippen molar-refractivity contribution in [3.63, 3.8) is 0 Å². The van der Waals surface area contributed by atoms with Crippen LogP contribution in [0.15, 0.2) is 87.4 Å². The lowest BCUT2D eigenvalue weighted by Crippen LogP contribution is -2.05. The minimum atomic E-state index is -0.462. The number of hydrogen-bond donors (Lipinski definition) is 1. The highest BCUT2D eigenvalue weighted by molar-refractivity contribution is 7.98. The Kier molecular flexibility index (Phi) is 5.90. The molecule has 0 saturated heterocycles. The van der Waals surface area contributed by atoms with Crippen LogP contribution < -0.4 is 5.63 Å². The van der Waals surface area contributed by atoms with Crippen molar-refractivity contribution in [2.45, 2.75) is 30.7 Å². The summed E-state index contributed by atoms with van der Waals surface area (Å²) in [7, 11) is 0. The lowest BCUT2D eigenvalue weighted by atomic mass is 10.0. The molecule has 0 saturated carbocycles. The minimum Gasteiger partial charge on any atom is -0.508 e. The number of thioether (sulfide) groups is 1. The highest BCUT2D eigenvalue weighted by Gasteiger charge is 2.20. The quantitative estimate of drug-likeness (QED) is 0.257. The third kappa shape index (κ3) is 4.20. The number of nitrogens with zero attached hydrogens (tertiary/aromatic N) is 4. The molecule has 0 bridgehead atoms. The average Bonchev–Trinajstić information content (AvgIpc) is 3.26. The molecule has 0 unspecified atom stereocenters. The Morgan fingerprint density at radius 3 is 2.71 bits per heavy atom. The van der Waals surface area contributed by atoms with Gasteiger partial charge in [-0.1, -0.05) is 43.8 Å². The lowest BCUT2D eigenvalue weighted by Gasteiger charge is -2.17. The molecular weight excluding hydrogens is 448 g/mol. The van der Waals surface area contributed by atoms with Crippen LogP contribution in [0.3, 0.4) is 0 Å². The number of rotatable bonds is 6. The van der Waals surface area contributed by atoms with Gasteiger partial charge < -0.3 is 9.52 Å². The highest BCUT2D eigenvalue weighted by atomic mass is 32.2. The van der Waals surface area contributed by atoms with E-state index < -0.39 is 5.63 Å². The summed E-state index contributed by atoms with van der Waals surface area (Å²) < 4.78 is 7.32. The van der Waals surface area contributed by atoms with Gasteiger partial charge in [-0.2, -0.15) is 0 Å². The maximum atomic E-state index is 12.1. The molecule has 34 heavy (non-hydrogen) atoms. The van der Waals surface area contributed by atoms with E-state index in [1.54, 1.807) is 24.5 Å². The van der Waals surface area contributed by atoms with Crippen molar-refractivity contribution in [2.24, 2.45) is 0 Å². The normalized spacial score (nSPS) is 11.4. The maximum Gasteiger partial charge on any atom is 0.336 e. The first-order chi connectivity index (χ1) is 16.5. The van der Waals surface area contributed by atoms with Gasteiger partial charge in [0.05, 0.1) is 5.69 Å². The predicted octanol–water partition coefficient (Wildman–Crippen LogP) is 5.56. The maximum absolute atomic E-state index is 12.1. The highest BCUT2D eigenvalue weighted by Crippen LogP contribution is 2.34. The molecule has 7 nitrogen and oxygen atoms in total. The van der Waals surface area contributed by atoms with Gasteiger partial charge in [-0.25, -0.2) is 4.79 Å². The number of benzene rings is 2. The molecule has 5 aromatic rings. The molecule has 2 aromatic carbocycles. The van der Waals surface area contributed by atoms with Crippen LogP contribution in [0.4, 0.5) is 0 Å². The van der Waals surface area contributed by atoms with E-state index in [1.165, 1.54) is 29.5 Å². The Hall–Kier alpha value is -3.91. The Morgan fingerprint density at radius 1 is 1.06 bits per heavy atom. The van der Waals surface area contributed by atoms with Gasteiger partial charge in [0.15, 0.2) is 11.0 Å². The van der Waals surface area contributed by atoms with Crippen LogP contribution in [0.2, 0.25) is 0 Å². The van der Waals surface area contributed by atoms with Crippen LogP contribution in [-0.2, 0) is 5.75 Å². The van der Waals surface area contributed by atoms with Crippen molar-refractivity contribution in [3.8, 4) is 22.8 Å². The topological polar surface area (TPSA) is 94.0 Å². The molecule has 5 rings (SSSR count). The van der Waals surface area contributed by atoms with Crippen molar-refractivity contribution in [2.75, 3.05) is 0 Å². The fourth-order valence-corrected chi connectivity index (χ4v) is 4.86. The van der Waals surface area contributed by atoms with Crippen molar-refractivity contribution in [1.82, 2.24) is 19.7 Å². The van der Waals surface area contributed by atoms with Gasteiger partial charge in [-0.3, -0.25) is 9.55 Å².